The number of urea groups is 1. The van der Waals surface area contributed by atoms with Gasteiger partial charge < -0.3 is 20.2 Å². The van der Waals surface area contributed by atoms with Gasteiger partial charge in [-0.2, -0.15) is 0 Å². The number of hydrogen-bond donors (Lipinski definition) is 4. The second kappa shape index (κ2) is 5.99. The number of amides is 4. The van der Waals surface area contributed by atoms with Crippen molar-refractivity contribution in [1.29, 1.82) is 5.41 Å². The maximum absolute atomic E-state index is 15.1. The van der Waals surface area contributed by atoms with E-state index >= 15 is 4.39 Å². The maximum Gasteiger partial charge on any atom is 0.328 e. The predicted molar refractivity (Wildman–Crippen MR) is 94.9 cm³/mol. The van der Waals surface area contributed by atoms with Gasteiger partial charge in [-0.25, -0.2) is 9.18 Å². The fourth-order valence-electron chi connectivity index (χ4n) is 4.55. The Morgan fingerprint density at radius 2 is 2.00 bits per heavy atom. The third kappa shape index (κ3) is 2.27. The lowest BCUT2D eigenvalue weighted by Crippen LogP contribution is -2.74. The molecule has 3 aliphatic rings. The molecular weight excluding hydrogens is 371 g/mol. The molecule has 0 saturated carbocycles. The number of carbonyl (C=O) groups is 3. The van der Waals surface area contributed by atoms with Gasteiger partial charge >= 0.3 is 6.03 Å². The second-order valence-electron chi connectivity index (χ2n) is 7.32. The first kappa shape index (κ1) is 18.4. The summed E-state index contributed by atoms with van der Waals surface area (Å²) in [5, 5.41) is 22.3. The number of phenols is 1. The van der Waals surface area contributed by atoms with E-state index in [-0.39, 0.29) is 36.5 Å². The van der Waals surface area contributed by atoms with Crippen LogP contribution in [0.5, 0.6) is 5.75 Å². The van der Waals surface area contributed by atoms with Crippen LogP contribution in [0.1, 0.15) is 25.0 Å². The van der Waals surface area contributed by atoms with Gasteiger partial charge in [-0.05, 0) is 25.5 Å². The van der Waals surface area contributed by atoms with E-state index in [4.69, 9.17) is 10.1 Å². The van der Waals surface area contributed by atoms with Crippen molar-refractivity contribution in [1.82, 2.24) is 10.6 Å². The van der Waals surface area contributed by atoms with Gasteiger partial charge in [0.05, 0.1) is 24.4 Å². The Morgan fingerprint density at radius 1 is 1.36 bits per heavy atom. The van der Waals surface area contributed by atoms with Crippen LogP contribution in [0.2, 0.25) is 0 Å². The average molecular weight is 390 g/mol. The lowest BCUT2D eigenvalue weighted by Gasteiger charge is -2.54. The zero-order chi connectivity index (χ0) is 20.4. The van der Waals surface area contributed by atoms with Crippen LogP contribution in [0, 0.1) is 16.6 Å². The Morgan fingerprint density at radius 3 is 2.61 bits per heavy atom. The van der Waals surface area contributed by atoms with Gasteiger partial charge in [-0.1, -0.05) is 0 Å². The van der Waals surface area contributed by atoms with Crippen molar-refractivity contribution in [2.24, 2.45) is 5.41 Å². The van der Waals surface area contributed by atoms with E-state index in [1.807, 2.05) is 0 Å². The van der Waals surface area contributed by atoms with Crippen LogP contribution >= 0.6 is 0 Å². The van der Waals surface area contributed by atoms with Crippen molar-refractivity contribution in [2.75, 3.05) is 18.1 Å². The second-order valence-corrected chi connectivity index (χ2v) is 7.32. The topological polar surface area (TPSA) is 132 Å². The number of aromatic hydroxyl groups is 1. The Kier molecular flexibility index (Phi) is 3.93. The van der Waals surface area contributed by atoms with Gasteiger partial charge in [0.25, 0.3) is 0 Å². The van der Waals surface area contributed by atoms with Crippen LogP contribution in [0.25, 0.3) is 0 Å². The van der Waals surface area contributed by atoms with Gasteiger partial charge in [0.1, 0.15) is 0 Å². The van der Waals surface area contributed by atoms with Crippen LogP contribution in [0.4, 0.5) is 14.9 Å². The number of fused-ring (bicyclic) bond motifs is 4. The first-order valence-electron chi connectivity index (χ1n) is 8.83. The first-order valence-corrected chi connectivity index (χ1v) is 8.83. The molecule has 2 saturated heterocycles. The lowest BCUT2D eigenvalue weighted by atomic mass is 9.66. The summed E-state index contributed by atoms with van der Waals surface area (Å²) in [6, 6.07) is -0.358. The summed E-state index contributed by atoms with van der Waals surface area (Å²) >= 11 is 0. The highest BCUT2D eigenvalue weighted by Gasteiger charge is 2.62. The number of rotatable bonds is 1. The first-order chi connectivity index (χ1) is 13.2. The molecular formula is C18H19FN4O5. The number of hydrogen-bond acceptors (Lipinski definition) is 7. The monoisotopic (exact) mass is 390 g/mol. The molecule has 2 unspecified atom stereocenters. The van der Waals surface area contributed by atoms with Crippen molar-refractivity contribution in [3.63, 3.8) is 0 Å². The molecule has 0 radical (unpaired) electrons. The fraction of sp³-hybridized carbons (Fsp3) is 0.444. The number of anilines is 1. The molecule has 3 aliphatic heterocycles. The fourth-order valence-corrected chi connectivity index (χ4v) is 4.55. The smallest absolute Gasteiger partial charge is 0.328 e. The lowest BCUT2D eigenvalue weighted by molar-refractivity contribution is -0.151. The molecule has 4 N–H and O–H groups in total. The van der Waals surface area contributed by atoms with E-state index in [0.717, 1.165) is 0 Å². The van der Waals surface area contributed by atoms with E-state index in [2.05, 4.69) is 10.6 Å². The van der Waals surface area contributed by atoms with Crippen LogP contribution in [0.3, 0.4) is 0 Å². The normalized spacial score (nSPS) is 25.7. The number of halogens is 1. The van der Waals surface area contributed by atoms with Gasteiger partial charge in [-0.15, -0.1) is 0 Å². The highest BCUT2D eigenvalue weighted by molar-refractivity contribution is 6.20. The average Bonchev–Trinajstić information content (AvgIpc) is 2.62. The van der Waals surface area contributed by atoms with E-state index in [1.165, 1.54) is 13.0 Å². The Bertz CT molecular complexity index is 926. The number of nitrogens with zero attached hydrogens (tertiary/aromatic N) is 1. The minimum Gasteiger partial charge on any atom is -0.504 e. The summed E-state index contributed by atoms with van der Waals surface area (Å²) < 4.78 is 20.8. The van der Waals surface area contributed by atoms with Crippen molar-refractivity contribution in [2.45, 2.75) is 32.4 Å². The van der Waals surface area contributed by atoms with Gasteiger partial charge in [0, 0.05) is 24.2 Å². The van der Waals surface area contributed by atoms with Crippen molar-refractivity contribution in [3.05, 3.63) is 23.0 Å². The van der Waals surface area contributed by atoms with Crippen molar-refractivity contribution >= 4 is 29.2 Å². The van der Waals surface area contributed by atoms with E-state index < -0.39 is 47.0 Å². The summed E-state index contributed by atoms with van der Waals surface area (Å²) in [6.07, 6.45) is -0.808. The zero-order valence-corrected chi connectivity index (χ0v) is 15.3. The predicted octanol–water partition coefficient (Wildman–Crippen LogP) is 0.421. The number of nitrogens with one attached hydrogen (secondary N) is 3. The van der Waals surface area contributed by atoms with E-state index in [9.17, 15) is 19.5 Å². The number of imide groups is 2. The molecule has 1 aromatic carbocycles. The zero-order valence-electron chi connectivity index (χ0n) is 15.3. The van der Waals surface area contributed by atoms with Crippen LogP contribution in [0.15, 0.2) is 6.07 Å². The number of phenolic OH excluding ortho intramolecular Hbond substituents is 1. The van der Waals surface area contributed by atoms with Crippen LogP contribution < -0.4 is 15.5 Å². The van der Waals surface area contributed by atoms with Crippen molar-refractivity contribution in [3.8, 4) is 5.75 Å². The number of barbiturate groups is 1. The SMILES string of the molecule is CC(=N)c1cc2c(c(F)c1O)N1CCOC(C)C1C1(C2)C(=O)NC(=O)NC1=O. The third-order valence-corrected chi connectivity index (χ3v) is 5.72. The summed E-state index contributed by atoms with van der Waals surface area (Å²) in [5.74, 6) is -3.10. The number of morpholine rings is 1. The quantitative estimate of drug-likeness (QED) is 0.406. The number of ether oxygens (including phenoxy) is 1. The van der Waals surface area contributed by atoms with Gasteiger partial charge in [0.2, 0.25) is 11.8 Å². The molecule has 1 spiro atoms. The Balaban J connectivity index is 1.98. The molecule has 148 valence electrons. The molecule has 9 nitrogen and oxygen atoms in total. The van der Waals surface area contributed by atoms with E-state index in [0.29, 0.717) is 5.56 Å². The molecule has 4 amide bonds. The van der Waals surface area contributed by atoms with Crippen LogP contribution in [-0.2, 0) is 20.7 Å². The molecule has 3 heterocycles. The summed E-state index contributed by atoms with van der Waals surface area (Å²) in [5.41, 5.74) is -1.39. The number of benzene rings is 1. The standard InChI is InChI=1S/C18H19FN4O5/c1-7(20)10-5-9-6-18(15(25)21-17(27)22-16(18)26)14-8(2)28-4-3-23(14)12(9)11(19)13(10)24/h5,8,14,20,24H,3-4,6H2,1-2H3,(H2,21,22,25,26,27). The van der Waals surface area contributed by atoms with Gasteiger partial charge in [-0.3, -0.25) is 20.2 Å². The molecule has 0 bridgehead atoms. The largest absolute Gasteiger partial charge is 0.504 e. The molecule has 28 heavy (non-hydrogen) atoms. The summed E-state index contributed by atoms with van der Waals surface area (Å²) in [6.45, 7) is 3.50. The molecule has 0 aromatic heterocycles. The maximum atomic E-state index is 15.1. The molecule has 2 fully saturated rings. The Labute approximate surface area is 159 Å². The summed E-state index contributed by atoms with van der Waals surface area (Å²) in [4.78, 5) is 39.0. The molecule has 4 rings (SSSR count). The molecule has 2 atom stereocenters. The number of carbonyl (C=O) groups excluding carboxylic acids is 3. The molecule has 1 aromatic rings. The minimum absolute atomic E-state index is 0.0149. The van der Waals surface area contributed by atoms with Gasteiger partial charge in [0.15, 0.2) is 17.0 Å². The highest BCUT2D eigenvalue weighted by atomic mass is 19.1. The highest BCUT2D eigenvalue weighted by Crippen LogP contribution is 2.48. The minimum atomic E-state index is -1.71. The Hall–Kier alpha value is -3.01. The van der Waals surface area contributed by atoms with Crippen molar-refractivity contribution < 1.29 is 28.6 Å². The van der Waals surface area contributed by atoms with Crippen LogP contribution in [-0.4, -0.2) is 54.0 Å². The summed E-state index contributed by atoms with van der Waals surface area (Å²) in [7, 11) is 0. The third-order valence-electron chi connectivity index (χ3n) is 5.72. The molecule has 10 heteroatoms. The van der Waals surface area contributed by atoms with E-state index in [1.54, 1.807) is 11.8 Å². The molecule has 0 aliphatic carbocycles.